The molecule has 4 nitrogen and oxygen atoms in total. The highest BCUT2D eigenvalue weighted by Gasteiger charge is 2.42. The quantitative estimate of drug-likeness (QED) is 0.0789. The van der Waals surface area contributed by atoms with Gasteiger partial charge in [-0.15, -0.1) is 11.3 Å². The Balaban J connectivity index is 1.31. The highest BCUT2D eigenvalue weighted by molar-refractivity contribution is 9.15. The van der Waals surface area contributed by atoms with E-state index >= 15 is 0 Å². The number of halogens is 5. The summed E-state index contributed by atoms with van der Waals surface area (Å²) in [6.45, 7) is 0. The first kappa shape index (κ1) is 25.6. The predicted octanol–water partition coefficient (Wildman–Crippen LogP) is 9.73. The maximum absolute atomic E-state index is 14.2. The third-order valence-electron chi connectivity index (χ3n) is 6.02. The largest absolute Gasteiger partial charge is 0.268 e. The van der Waals surface area contributed by atoms with Crippen LogP contribution in [0.5, 0.6) is 0 Å². The van der Waals surface area contributed by atoms with Gasteiger partial charge < -0.3 is 0 Å². The van der Waals surface area contributed by atoms with Crippen LogP contribution in [0, 0.1) is 5.82 Å². The molecule has 0 unspecified atom stereocenters. The van der Waals surface area contributed by atoms with Gasteiger partial charge in [0.15, 0.2) is 4.34 Å². The van der Waals surface area contributed by atoms with Gasteiger partial charge in [0.2, 0.25) is 0 Å². The molecule has 2 heterocycles. The fourth-order valence-electron chi connectivity index (χ4n) is 4.27. The Kier molecular flexibility index (Phi) is 6.82. The van der Waals surface area contributed by atoms with Crippen molar-refractivity contribution in [1.29, 1.82) is 0 Å². The molecule has 0 atom stereocenters. The Hall–Kier alpha value is -1.63. The van der Waals surface area contributed by atoms with Gasteiger partial charge in [-0.25, -0.2) is 14.3 Å². The average molecular weight is 786 g/mol. The lowest BCUT2D eigenvalue weighted by atomic mass is 10.1. The highest BCUT2D eigenvalue weighted by atomic mass is 79.9. The molecule has 0 saturated carbocycles. The van der Waals surface area contributed by atoms with Crippen LogP contribution in [-0.2, 0) is 5.75 Å². The van der Waals surface area contributed by atoms with E-state index < -0.39 is 11.8 Å². The summed E-state index contributed by atoms with van der Waals surface area (Å²) in [7, 11) is 0. The summed E-state index contributed by atoms with van der Waals surface area (Å²) in [6.07, 6.45) is 0. The summed E-state index contributed by atoms with van der Waals surface area (Å²) in [5.41, 5.74) is 2.90. The van der Waals surface area contributed by atoms with Crippen molar-refractivity contribution in [2.75, 3.05) is 4.90 Å². The first-order valence-corrected chi connectivity index (χ1v) is 15.7. The average Bonchev–Trinajstić information content (AvgIpc) is 3.42. The fourth-order valence-corrected chi connectivity index (χ4v) is 8.83. The Morgan fingerprint density at radius 1 is 0.838 bits per heavy atom. The Morgan fingerprint density at radius 2 is 1.49 bits per heavy atom. The molecule has 6 rings (SSSR count). The number of rotatable bonds is 4. The molecule has 11 heteroatoms. The maximum atomic E-state index is 14.2. The predicted molar refractivity (Wildman–Crippen MR) is 161 cm³/mol. The standard InChI is InChI=1S/C26H11Br4FN2O2S2/c27-20-18-19(21(28)23(30)22(20)29)25(35)33(24(18)34)12-6-8-16-17(9-12)37-26(32-16)36-10-11-5-7-15(31)14-4-2-1-3-13(11)14/h1-9H,10H2. The molecule has 0 fully saturated rings. The number of thioether (sulfide) groups is 1. The summed E-state index contributed by atoms with van der Waals surface area (Å²) in [5, 5.41) is 1.49. The van der Waals surface area contributed by atoms with Crippen molar-refractivity contribution in [2.24, 2.45) is 0 Å². The molecule has 0 radical (unpaired) electrons. The molecule has 5 aromatic rings. The molecule has 0 aliphatic carbocycles. The van der Waals surface area contributed by atoms with E-state index in [4.69, 9.17) is 4.98 Å². The van der Waals surface area contributed by atoms with Crippen LogP contribution in [-0.4, -0.2) is 16.8 Å². The Bertz CT molecular complexity index is 1760. The molecule has 0 saturated heterocycles. The second kappa shape index (κ2) is 9.84. The second-order valence-electron chi connectivity index (χ2n) is 8.12. The molecular formula is C26H11Br4FN2O2S2. The third-order valence-corrected chi connectivity index (χ3v) is 13.0. The minimum absolute atomic E-state index is 0.233. The molecule has 1 aromatic heterocycles. The Labute approximate surface area is 252 Å². The number of thiazole rings is 1. The van der Waals surface area contributed by atoms with E-state index in [1.165, 1.54) is 22.3 Å². The first-order valence-electron chi connectivity index (χ1n) is 10.7. The van der Waals surface area contributed by atoms with E-state index in [-0.39, 0.29) is 5.82 Å². The van der Waals surface area contributed by atoms with Gasteiger partial charge in [0.05, 0.1) is 27.0 Å². The minimum atomic E-state index is -0.401. The van der Waals surface area contributed by atoms with Crippen molar-refractivity contribution in [1.82, 2.24) is 4.98 Å². The van der Waals surface area contributed by atoms with Gasteiger partial charge in [-0.1, -0.05) is 42.1 Å². The minimum Gasteiger partial charge on any atom is -0.268 e. The van der Waals surface area contributed by atoms with Gasteiger partial charge in [-0.3, -0.25) is 9.59 Å². The molecule has 37 heavy (non-hydrogen) atoms. The van der Waals surface area contributed by atoms with Gasteiger partial charge in [0.25, 0.3) is 11.8 Å². The fraction of sp³-hybridized carbons (Fsp3) is 0.0385. The van der Waals surface area contributed by atoms with Gasteiger partial charge >= 0.3 is 0 Å². The van der Waals surface area contributed by atoms with E-state index in [0.29, 0.717) is 45.8 Å². The maximum Gasteiger partial charge on any atom is 0.267 e. The van der Waals surface area contributed by atoms with Crippen molar-refractivity contribution >= 4 is 125 Å². The first-order chi connectivity index (χ1) is 17.8. The summed E-state index contributed by atoms with van der Waals surface area (Å²) in [6, 6.07) is 16.1. The monoisotopic (exact) mass is 782 g/mol. The van der Waals surface area contributed by atoms with E-state index in [9.17, 15) is 14.0 Å². The number of nitrogens with zero attached hydrogens (tertiary/aromatic N) is 2. The zero-order chi connectivity index (χ0) is 26.0. The molecule has 184 valence electrons. The SMILES string of the molecule is O=C1c2c(Br)c(Br)c(Br)c(Br)c2C(=O)N1c1ccc2nc(SCc3ccc(F)c4ccccc34)sc2c1. The molecule has 2 amide bonds. The topological polar surface area (TPSA) is 50.3 Å². The van der Waals surface area contributed by atoms with Crippen LogP contribution in [0.2, 0.25) is 0 Å². The second-order valence-corrected chi connectivity index (χ2v) is 13.5. The molecule has 0 N–H and O–H groups in total. The number of benzene rings is 4. The van der Waals surface area contributed by atoms with E-state index in [1.54, 1.807) is 23.9 Å². The van der Waals surface area contributed by atoms with E-state index in [1.807, 2.05) is 36.4 Å². The number of carbonyl (C=O) groups is 2. The summed E-state index contributed by atoms with van der Waals surface area (Å²) in [4.78, 5) is 32.6. The molecule has 4 aromatic carbocycles. The highest BCUT2D eigenvalue weighted by Crippen LogP contribution is 2.46. The number of anilines is 1. The van der Waals surface area contributed by atoms with Crippen LogP contribution in [0.25, 0.3) is 21.0 Å². The van der Waals surface area contributed by atoms with Crippen LogP contribution in [0.15, 0.2) is 76.8 Å². The van der Waals surface area contributed by atoms with Gasteiger partial charge in [-0.05, 0) is 98.9 Å². The van der Waals surface area contributed by atoms with E-state index in [2.05, 4.69) is 63.7 Å². The van der Waals surface area contributed by atoms with Crippen LogP contribution in [0.1, 0.15) is 26.3 Å². The van der Waals surface area contributed by atoms with Gasteiger partial charge in [0.1, 0.15) is 5.82 Å². The van der Waals surface area contributed by atoms with Crippen molar-refractivity contribution in [3.63, 3.8) is 0 Å². The van der Waals surface area contributed by atoms with Crippen LogP contribution in [0.4, 0.5) is 10.1 Å². The van der Waals surface area contributed by atoms with Crippen molar-refractivity contribution < 1.29 is 14.0 Å². The van der Waals surface area contributed by atoms with E-state index in [0.717, 1.165) is 25.5 Å². The smallest absolute Gasteiger partial charge is 0.267 e. The lowest BCUT2D eigenvalue weighted by Crippen LogP contribution is -2.29. The zero-order valence-corrected chi connectivity index (χ0v) is 26.3. The lowest BCUT2D eigenvalue weighted by molar-refractivity contribution is 0.0925. The summed E-state index contributed by atoms with van der Waals surface area (Å²) >= 11 is 16.9. The summed E-state index contributed by atoms with van der Waals surface area (Å²) in [5.74, 6) is -0.397. The number of hydrogen-bond donors (Lipinski definition) is 0. The number of amides is 2. The summed E-state index contributed by atoms with van der Waals surface area (Å²) < 4.78 is 18.2. The Morgan fingerprint density at radius 3 is 2.16 bits per heavy atom. The molecular weight excluding hydrogens is 775 g/mol. The van der Waals surface area contributed by atoms with Crippen molar-refractivity contribution in [2.45, 2.75) is 10.1 Å². The molecule has 0 bridgehead atoms. The van der Waals surface area contributed by atoms with Crippen LogP contribution in [0.3, 0.4) is 0 Å². The number of imide groups is 1. The van der Waals surface area contributed by atoms with Gasteiger partial charge in [0, 0.05) is 29.0 Å². The van der Waals surface area contributed by atoms with Crippen molar-refractivity contribution in [3.8, 4) is 0 Å². The van der Waals surface area contributed by atoms with Crippen LogP contribution < -0.4 is 4.90 Å². The van der Waals surface area contributed by atoms with Gasteiger partial charge in [-0.2, -0.15) is 0 Å². The molecule has 0 spiro atoms. The number of aromatic nitrogens is 1. The number of carbonyl (C=O) groups excluding carboxylic acids is 2. The third kappa shape index (κ3) is 4.22. The lowest BCUT2D eigenvalue weighted by Gasteiger charge is -2.13. The number of hydrogen-bond acceptors (Lipinski definition) is 5. The number of fused-ring (bicyclic) bond motifs is 3. The molecule has 1 aliphatic heterocycles. The zero-order valence-electron chi connectivity index (χ0n) is 18.3. The normalized spacial score (nSPS) is 13.3. The van der Waals surface area contributed by atoms with Crippen molar-refractivity contribution in [3.05, 3.63) is 95.0 Å². The molecule has 1 aliphatic rings. The van der Waals surface area contributed by atoms with Crippen LogP contribution >= 0.6 is 86.8 Å².